The van der Waals surface area contributed by atoms with Gasteiger partial charge < -0.3 is 14.6 Å². The Labute approximate surface area is 130 Å². The topological polar surface area (TPSA) is 55.8 Å². The van der Waals surface area contributed by atoms with Crippen LogP contribution in [-0.2, 0) is 11.2 Å². The fraction of sp³-hybridized carbons (Fsp3) is 0.562. The Bertz CT molecular complexity index is 509. The number of benzene rings is 1. The fourth-order valence-electron chi connectivity index (χ4n) is 2.65. The number of hydrogen-bond acceptors (Lipinski definition) is 3. The fourth-order valence-corrected chi connectivity index (χ4v) is 2.88. The first-order chi connectivity index (χ1) is 10.0. The number of ether oxygens (including phenoxy) is 2. The normalized spacial score (nSPS) is 16.7. The van der Waals surface area contributed by atoms with E-state index in [1.165, 1.54) is 12.8 Å². The maximum absolute atomic E-state index is 11.1. The van der Waals surface area contributed by atoms with Crippen LogP contribution in [0.4, 0.5) is 0 Å². The lowest BCUT2D eigenvalue weighted by atomic mass is 10.00. The smallest absolute Gasteiger partial charge is 0.306 e. The summed E-state index contributed by atoms with van der Waals surface area (Å²) < 4.78 is 11.4. The molecule has 0 saturated heterocycles. The molecule has 0 bridgehead atoms. The van der Waals surface area contributed by atoms with E-state index < -0.39 is 11.9 Å². The maximum Gasteiger partial charge on any atom is 0.306 e. The second kappa shape index (κ2) is 7.03. The quantitative estimate of drug-likeness (QED) is 0.864. The van der Waals surface area contributed by atoms with Gasteiger partial charge in [0.05, 0.1) is 19.1 Å². The summed E-state index contributed by atoms with van der Waals surface area (Å²) in [5, 5.41) is 9.64. The molecule has 5 heteroatoms. The van der Waals surface area contributed by atoms with E-state index in [4.69, 9.17) is 26.2 Å². The van der Waals surface area contributed by atoms with Gasteiger partial charge in [0.15, 0.2) is 11.5 Å². The molecular formula is C16H21ClO4. The molecule has 0 aromatic heterocycles. The molecule has 1 fully saturated rings. The van der Waals surface area contributed by atoms with Crippen LogP contribution in [0.3, 0.4) is 0 Å². The standard InChI is InChI=1S/C16H21ClO4/c1-10(16(18)19)7-11-8-12(17)9-14(20-2)15(11)21-13-5-3-4-6-13/h8-10,13H,3-7H2,1-2H3,(H,18,19). The van der Waals surface area contributed by atoms with Crippen molar-refractivity contribution in [1.82, 2.24) is 0 Å². The predicted molar refractivity (Wildman–Crippen MR) is 81.4 cm³/mol. The third-order valence-electron chi connectivity index (χ3n) is 3.85. The number of halogens is 1. The van der Waals surface area contributed by atoms with Crippen LogP contribution in [0.25, 0.3) is 0 Å². The number of rotatable bonds is 6. The van der Waals surface area contributed by atoms with Gasteiger partial charge in [-0.2, -0.15) is 0 Å². The molecule has 116 valence electrons. The predicted octanol–water partition coefficient (Wildman–Crippen LogP) is 3.93. The summed E-state index contributed by atoms with van der Waals surface area (Å²) in [4.78, 5) is 11.1. The minimum atomic E-state index is -0.833. The summed E-state index contributed by atoms with van der Waals surface area (Å²) in [5.41, 5.74) is 0.793. The van der Waals surface area contributed by atoms with Crippen molar-refractivity contribution in [3.05, 3.63) is 22.7 Å². The average molecular weight is 313 g/mol. The zero-order valence-corrected chi connectivity index (χ0v) is 13.2. The molecule has 0 radical (unpaired) electrons. The maximum atomic E-state index is 11.1. The monoisotopic (exact) mass is 312 g/mol. The van der Waals surface area contributed by atoms with Gasteiger partial charge in [-0.15, -0.1) is 0 Å². The summed E-state index contributed by atoms with van der Waals surface area (Å²) >= 11 is 6.10. The molecule has 1 atom stereocenters. The van der Waals surface area contributed by atoms with Crippen molar-refractivity contribution in [3.8, 4) is 11.5 Å². The summed E-state index contributed by atoms with van der Waals surface area (Å²) in [6, 6.07) is 3.48. The lowest BCUT2D eigenvalue weighted by molar-refractivity contribution is -0.141. The summed E-state index contributed by atoms with van der Waals surface area (Å²) in [6.07, 6.45) is 4.94. The molecule has 0 aliphatic heterocycles. The first kappa shape index (κ1) is 16.0. The van der Waals surface area contributed by atoms with Crippen molar-refractivity contribution < 1.29 is 19.4 Å². The molecule has 1 unspecified atom stereocenters. The Hall–Kier alpha value is -1.42. The lowest BCUT2D eigenvalue weighted by Gasteiger charge is -2.20. The Morgan fingerprint density at radius 1 is 1.43 bits per heavy atom. The highest BCUT2D eigenvalue weighted by Crippen LogP contribution is 2.38. The van der Waals surface area contributed by atoms with Crippen molar-refractivity contribution >= 4 is 17.6 Å². The van der Waals surface area contributed by atoms with Crippen molar-refractivity contribution in [1.29, 1.82) is 0 Å². The van der Waals surface area contributed by atoms with Gasteiger partial charge >= 0.3 is 5.97 Å². The van der Waals surface area contributed by atoms with E-state index in [0.717, 1.165) is 18.4 Å². The van der Waals surface area contributed by atoms with Gasteiger partial charge in [-0.1, -0.05) is 18.5 Å². The van der Waals surface area contributed by atoms with Crippen molar-refractivity contribution in [2.75, 3.05) is 7.11 Å². The zero-order valence-electron chi connectivity index (χ0n) is 12.4. The van der Waals surface area contributed by atoms with Crippen LogP contribution in [0, 0.1) is 5.92 Å². The first-order valence-corrected chi connectivity index (χ1v) is 7.65. The van der Waals surface area contributed by atoms with Gasteiger partial charge in [0.2, 0.25) is 0 Å². The van der Waals surface area contributed by atoms with Gasteiger partial charge in [0, 0.05) is 16.7 Å². The van der Waals surface area contributed by atoms with Crippen LogP contribution in [0.5, 0.6) is 11.5 Å². The minimum Gasteiger partial charge on any atom is -0.493 e. The molecule has 0 spiro atoms. The molecule has 4 nitrogen and oxygen atoms in total. The molecule has 1 N–H and O–H groups in total. The van der Waals surface area contributed by atoms with E-state index in [1.54, 1.807) is 26.2 Å². The van der Waals surface area contributed by atoms with Crippen molar-refractivity contribution in [2.24, 2.45) is 5.92 Å². The largest absolute Gasteiger partial charge is 0.493 e. The average Bonchev–Trinajstić information content (AvgIpc) is 2.94. The van der Waals surface area contributed by atoms with Gasteiger partial charge in [0.25, 0.3) is 0 Å². The zero-order chi connectivity index (χ0) is 15.4. The third kappa shape index (κ3) is 4.03. The molecular weight excluding hydrogens is 292 g/mol. The number of aliphatic carboxylic acids is 1. The molecule has 1 aromatic rings. The van der Waals surface area contributed by atoms with Crippen molar-refractivity contribution in [2.45, 2.75) is 45.1 Å². The van der Waals surface area contributed by atoms with Gasteiger partial charge in [-0.05, 0) is 38.2 Å². The molecule has 21 heavy (non-hydrogen) atoms. The highest BCUT2D eigenvalue weighted by molar-refractivity contribution is 6.30. The lowest BCUT2D eigenvalue weighted by Crippen LogP contribution is -2.16. The summed E-state index contributed by atoms with van der Waals surface area (Å²) in [6.45, 7) is 1.68. The van der Waals surface area contributed by atoms with Crippen LogP contribution in [-0.4, -0.2) is 24.3 Å². The number of methoxy groups -OCH3 is 1. The van der Waals surface area contributed by atoms with Crippen LogP contribution in [0.15, 0.2) is 12.1 Å². The van der Waals surface area contributed by atoms with Crippen molar-refractivity contribution in [3.63, 3.8) is 0 Å². The van der Waals surface area contributed by atoms with E-state index in [-0.39, 0.29) is 6.10 Å². The van der Waals surface area contributed by atoms with Crippen LogP contribution in [0.2, 0.25) is 5.02 Å². The second-order valence-corrected chi connectivity index (χ2v) is 6.00. The SMILES string of the molecule is COc1cc(Cl)cc(CC(C)C(=O)O)c1OC1CCCC1. The van der Waals surface area contributed by atoms with Gasteiger partial charge in [-0.3, -0.25) is 4.79 Å². The molecule has 1 aliphatic rings. The molecule has 1 aliphatic carbocycles. The van der Waals surface area contributed by atoms with E-state index in [9.17, 15) is 4.79 Å². The highest BCUT2D eigenvalue weighted by atomic mass is 35.5. The van der Waals surface area contributed by atoms with E-state index in [0.29, 0.717) is 22.9 Å². The molecule has 1 saturated carbocycles. The van der Waals surface area contributed by atoms with Gasteiger partial charge in [-0.25, -0.2) is 0 Å². The van der Waals surface area contributed by atoms with Crippen LogP contribution < -0.4 is 9.47 Å². The minimum absolute atomic E-state index is 0.180. The van der Waals surface area contributed by atoms with Crippen LogP contribution >= 0.6 is 11.6 Å². The van der Waals surface area contributed by atoms with Gasteiger partial charge in [0.1, 0.15) is 0 Å². The van der Waals surface area contributed by atoms with E-state index in [2.05, 4.69) is 0 Å². The highest BCUT2D eigenvalue weighted by Gasteiger charge is 2.23. The Balaban J connectivity index is 2.30. The first-order valence-electron chi connectivity index (χ1n) is 7.27. The molecule has 0 amide bonds. The second-order valence-electron chi connectivity index (χ2n) is 5.56. The van der Waals surface area contributed by atoms with Crippen LogP contribution in [0.1, 0.15) is 38.2 Å². The number of carboxylic acid groups (broad SMARTS) is 1. The Morgan fingerprint density at radius 3 is 2.67 bits per heavy atom. The molecule has 0 heterocycles. The number of carbonyl (C=O) groups is 1. The molecule has 1 aromatic carbocycles. The van der Waals surface area contributed by atoms with E-state index >= 15 is 0 Å². The summed E-state index contributed by atoms with van der Waals surface area (Å²) in [5.74, 6) is -0.122. The Morgan fingerprint density at radius 2 is 2.10 bits per heavy atom. The summed E-state index contributed by atoms with van der Waals surface area (Å²) in [7, 11) is 1.57. The third-order valence-corrected chi connectivity index (χ3v) is 4.07. The van der Waals surface area contributed by atoms with E-state index in [1.807, 2.05) is 0 Å². The molecule has 2 rings (SSSR count). The Kier molecular flexibility index (Phi) is 5.34. The number of carboxylic acids is 1. The number of hydrogen-bond donors (Lipinski definition) is 1.